The number of carbonyl (C=O) groups is 2. The minimum atomic E-state index is -0.832. The molecule has 0 radical (unpaired) electrons. The summed E-state index contributed by atoms with van der Waals surface area (Å²) in [5.41, 5.74) is 3.17. The number of rotatable bonds is 14. The van der Waals surface area contributed by atoms with Gasteiger partial charge in [0.05, 0.1) is 0 Å². The highest BCUT2D eigenvalue weighted by atomic mass is 16.5. The first-order chi connectivity index (χ1) is 16.6. The topological polar surface area (TPSA) is 84.9 Å². The molecule has 3 rings (SSSR count). The van der Waals surface area contributed by atoms with Crippen LogP contribution in [0, 0.1) is 0 Å². The maximum Gasteiger partial charge on any atom is 0.303 e. The Bertz CT molecular complexity index is 1040. The number of hydrogen-bond donors (Lipinski definition) is 2. The van der Waals surface area contributed by atoms with Crippen molar-refractivity contribution in [2.75, 3.05) is 6.54 Å². The lowest BCUT2D eigenvalue weighted by atomic mass is 10.1. The summed E-state index contributed by atoms with van der Waals surface area (Å²) in [6.45, 7) is 1.37. The molecule has 0 unspecified atom stereocenters. The van der Waals surface area contributed by atoms with Gasteiger partial charge in [0.15, 0.2) is 11.5 Å². The molecule has 6 heteroatoms. The average molecular weight is 462 g/mol. The van der Waals surface area contributed by atoms with Gasteiger partial charge in [-0.15, -0.1) is 0 Å². The zero-order valence-corrected chi connectivity index (χ0v) is 19.2. The zero-order valence-electron chi connectivity index (χ0n) is 19.2. The number of benzene rings is 3. The van der Waals surface area contributed by atoms with Gasteiger partial charge in [0.2, 0.25) is 5.91 Å². The van der Waals surface area contributed by atoms with E-state index < -0.39 is 5.97 Å². The van der Waals surface area contributed by atoms with Gasteiger partial charge >= 0.3 is 5.97 Å². The van der Waals surface area contributed by atoms with E-state index in [4.69, 9.17) is 14.6 Å². The quantitative estimate of drug-likeness (QED) is 0.325. The fraction of sp³-hybridized carbons (Fsp3) is 0.286. The van der Waals surface area contributed by atoms with Gasteiger partial charge < -0.3 is 19.9 Å². The maximum absolute atomic E-state index is 12.0. The van der Waals surface area contributed by atoms with Crippen LogP contribution in [0.25, 0.3) is 0 Å². The third-order valence-corrected chi connectivity index (χ3v) is 5.26. The van der Waals surface area contributed by atoms with Gasteiger partial charge in [-0.05, 0) is 48.1 Å². The largest absolute Gasteiger partial charge is 0.485 e. The van der Waals surface area contributed by atoms with Crippen molar-refractivity contribution in [3.8, 4) is 11.5 Å². The summed E-state index contributed by atoms with van der Waals surface area (Å²) in [6, 6.07) is 25.8. The van der Waals surface area contributed by atoms with Gasteiger partial charge in [-0.1, -0.05) is 66.7 Å². The van der Waals surface area contributed by atoms with E-state index in [1.807, 2.05) is 78.9 Å². The number of carboxylic acids is 1. The summed E-state index contributed by atoms with van der Waals surface area (Å²) in [5.74, 6) is 0.443. The number of hydrogen-bond acceptors (Lipinski definition) is 4. The molecule has 0 aliphatic rings. The van der Waals surface area contributed by atoms with Crippen LogP contribution in [-0.4, -0.2) is 23.5 Å². The van der Waals surface area contributed by atoms with Crippen LogP contribution in [-0.2, 0) is 29.2 Å². The minimum Gasteiger partial charge on any atom is -0.485 e. The Morgan fingerprint density at radius 3 is 1.91 bits per heavy atom. The summed E-state index contributed by atoms with van der Waals surface area (Å²) in [7, 11) is 0. The van der Waals surface area contributed by atoms with Gasteiger partial charge in [0.1, 0.15) is 13.2 Å². The van der Waals surface area contributed by atoms with Crippen molar-refractivity contribution in [2.24, 2.45) is 0 Å². The smallest absolute Gasteiger partial charge is 0.303 e. The molecule has 0 fully saturated rings. The van der Waals surface area contributed by atoms with E-state index in [0.29, 0.717) is 56.9 Å². The minimum absolute atomic E-state index is 0.0613. The van der Waals surface area contributed by atoms with Crippen LogP contribution in [0.2, 0.25) is 0 Å². The average Bonchev–Trinajstić information content (AvgIpc) is 2.86. The van der Waals surface area contributed by atoms with Crippen LogP contribution in [0.1, 0.15) is 42.4 Å². The van der Waals surface area contributed by atoms with E-state index in [1.54, 1.807) is 0 Å². The lowest BCUT2D eigenvalue weighted by Crippen LogP contribution is -2.25. The molecule has 0 heterocycles. The van der Waals surface area contributed by atoms with Gasteiger partial charge in [-0.3, -0.25) is 9.59 Å². The van der Waals surface area contributed by atoms with Crippen molar-refractivity contribution in [1.82, 2.24) is 5.32 Å². The van der Waals surface area contributed by atoms with Gasteiger partial charge in [0, 0.05) is 19.4 Å². The Labute approximate surface area is 200 Å². The molecule has 0 aliphatic heterocycles. The Morgan fingerprint density at radius 1 is 0.706 bits per heavy atom. The van der Waals surface area contributed by atoms with Gasteiger partial charge in [-0.2, -0.15) is 0 Å². The molecule has 0 aromatic heterocycles. The fourth-order valence-electron chi connectivity index (χ4n) is 3.41. The van der Waals surface area contributed by atoms with Crippen LogP contribution in [0.3, 0.4) is 0 Å². The van der Waals surface area contributed by atoms with Crippen molar-refractivity contribution in [1.29, 1.82) is 0 Å². The molecule has 1 amide bonds. The molecule has 2 N–H and O–H groups in total. The highest BCUT2D eigenvalue weighted by Gasteiger charge is 2.09. The second-order valence-corrected chi connectivity index (χ2v) is 8.03. The monoisotopic (exact) mass is 461 g/mol. The standard InChI is InChI=1S/C28H31NO5/c30-27(13-7-8-14-28(31)32)29-18-17-22-15-16-25(33-20-23-9-3-1-4-10-23)26(19-22)34-21-24-11-5-2-6-12-24/h1-6,9-12,15-16,19H,7-8,13-14,17-18,20-21H2,(H,29,30)(H,31,32). The number of carboxylic acid groups (broad SMARTS) is 1. The van der Waals surface area contributed by atoms with Gasteiger partial charge in [0.25, 0.3) is 0 Å². The van der Waals surface area contributed by atoms with E-state index in [1.165, 1.54) is 0 Å². The Morgan fingerprint density at radius 2 is 1.29 bits per heavy atom. The third-order valence-electron chi connectivity index (χ3n) is 5.26. The molecule has 0 bridgehead atoms. The number of unbranched alkanes of at least 4 members (excludes halogenated alkanes) is 1. The lowest BCUT2D eigenvalue weighted by Gasteiger charge is -2.15. The Hall–Kier alpha value is -3.80. The molecular formula is C28H31NO5. The van der Waals surface area contributed by atoms with Crippen molar-refractivity contribution in [3.63, 3.8) is 0 Å². The summed E-state index contributed by atoms with van der Waals surface area (Å²) in [5, 5.41) is 11.6. The van der Waals surface area contributed by atoms with E-state index in [-0.39, 0.29) is 12.3 Å². The van der Waals surface area contributed by atoms with E-state index >= 15 is 0 Å². The molecule has 178 valence electrons. The third kappa shape index (κ3) is 8.98. The summed E-state index contributed by atoms with van der Waals surface area (Å²) < 4.78 is 12.1. The van der Waals surface area contributed by atoms with E-state index in [2.05, 4.69) is 5.32 Å². The second-order valence-electron chi connectivity index (χ2n) is 8.03. The van der Waals surface area contributed by atoms with E-state index in [0.717, 1.165) is 16.7 Å². The first-order valence-corrected chi connectivity index (χ1v) is 11.5. The Balaban J connectivity index is 1.56. The van der Waals surface area contributed by atoms with Crippen LogP contribution >= 0.6 is 0 Å². The normalized spacial score (nSPS) is 10.5. The number of aliphatic carboxylic acids is 1. The van der Waals surface area contributed by atoms with Crippen LogP contribution < -0.4 is 14.8 Å². The zero-order chi connectivity index (χ0) is 24.0. The highest BCUT2D eigenvalue weighted by molar-refractivity contribution is 5.75. The molecule has 0 saturated carbocycles. The van der Waals surface area contributed by atoms with Crippen molar-refractivity contribution in [2.45, 2.75) is 45.3 Å². The summed E-state index contributed by atoms with van der Waals surface area (Å²) in [6.07, 6.45) is 2.17. The number of ether oxygens (including phenoxy) is 2. The summed E-state index contributed by atoms with van der Waals surface area (Å²) >= 11 is 0. The first kappa shape index (κ1) is 24.8. The second kappa shape index (κ2) is 13.7. The SMILES string of the molecule is O=C(O)CCCCC(=O)NCCc1ccc(OCc2ccccc2)c(OCc2ccccc2)c1. The van der Waals surface area contributed by atoms with E-state index in [9.17, 15) is 9.59 Å². The predicted molar refractivity (Wildman–Crippen MR) is 131 cm³/mol. The lowest BCUT2D eigenvalue weighted by molar-refractivity contribution is -0.137. The van der Waals surface area contributed by atoms with Crippen molar-refractivity contribution < 1.29 is 24.2 Å². The number of amides is 1. The molecule has 0 saturated heterocycles. The van der Waals surface area contributed by atoms with Crippen LogP contribution in [0.5, 0.6) is 11.5 Å². The molecule has 0 atom stereocenters. The van der Waals surface area contributed by atoms with Crippen molar-refractivity contribution in [3.05, 3.63) is 95.6 Å². The molecule has 3 aromatic rings. The number of nitrogens with one attached hydrogen (secondary N) is 1. The molecule has 6 nitrogen and oxygen atoms in total. The molecule has 34 heavy (non-hydrogen) atoms. The molecule has 0 aliphatic carbocycles. The van der Waals surface area contributed by atoms with Crippen LogP contribution in [0.15, 0.2) is 78.9 Å². The molecular weight excluding hydrogens is 430 g/mol. The molecule has 3 aromatic carbocycles. The Kier molecular flexibility index (Phi) is 9.99. The fourth-order valence-corrected chi connectivity index (χ4v) is 3.41. The maximum atomic E-state index is 12.0. The van der Waals surface area contributed by atoms with Crippen molar-refractivity contribution >= 4 is 11.9 Å². The predicted octanol–water partition coefficient (Wildman–Crippen LogP) is 5.15. The first-order valence-electron chi connectivity index (χ1n) is 11.5. The van der Waals surface area contributed by atoms with Crippen LogP contribution in [0.4, 0.5) is 0 Å². The summed E-state index contributed by atoms with van der Waals surface area (Å²) in [4.78, 5) is 22.5. The molecule has 0 spiro atoms. The number of carbonyl (C=O) groups excluding carboxylic acids is 1. The highest BCUT2D eigenvalue weighted by Crippen LogP contribution is 2.30. The van der Waals surface area contributed by atoms with Gasteiger partial charge in [-0.25, -0.2) is 0 Å².